The van der Waals surface area contributed by atoms with Crippen molar-refractivity contribution >= 4 is 28.8 Å². The predicted molar refractivity (Wildman–Crippen MR) is 87.7 cm³/mol. The lowest BCUT2D eigenvalue weighted by Gasteiger charge is -2.26. The second kappa shape index (κ2) is 7.22. The molecule has 19 heavy (non-hydrogen) atoms. The maximum atomic E-state index is 6.29. The van der Waals surface area contributed by atoms with Crippen LogP contribution in [0.1, 0.15) is 38.3 Å². The second-order valence-electron chi connectivity index (χ2n) is 5.56. The predicted octanol–water partition coefficient (Wildman–Crippen LogP) is 3.84. The van der Waals surface area contributed by atoms with E-state index in [4.69, 9.17) is 29.6 Å². The van der Waals surface area contributed by atoms with Gasteiger partial charge in [0.1, 0.15) is 4.99 Å². The van der Waals surface area contributed by atoms with E-state index in [-0.39, 0.29) is 0 Å². The van der Waals surface area contributed by atoms with E-state index >= 15 is 0 Å². The van der Waals surface area contributed by atoms with E-state index in [0.29, 0.717) is 16.9 Å². The van der Waals surface area contributed by atoms with Crippen molar-refractivity contribution in [2.45, 2.75) is 39.8 Å². The molecule has 0 bridgehead atoms. The highest BCUT2D eigenvalue weighted by Gasteiger charge is 2.13. The molecule has 0 aliphatic carbocycles. The molecule has 0 heterocycles. The molecule has 1 unspecified atom stereocenters. The number of hydrogen-bond acceptors (Lipinski definition) is 2. The van der Waals surface area contributed by atoms with Gasteiger partial charge in [0.15, 0.2) is 0 Å². The Bertz CT molecular complexity index is 446. The minimum atomic E-state index is 0.384. The standard InChI is InChI=1S/C15H23ClN2S/c1-10(2)7-11(3)18(4)9-13-6-5-12(15(17)19)8-14(13)16/h5-6,8,10-11H,7,9H2,1-4H3,(H2,17,19). The quantitative estimate of drug-likeness (QED) is 0.809. The first-order valence-corrected chi connectivity index (χ1v) is 7.38. The van der Waals surface area contributed by atoms with E-state index in [0.717, 1.165) is 22.7 Å². The minimum Gasteiger partial charge on any atom is -0.389 e. The van der Waals surface area contributed by atoms with Crippen LogP contribution < -0.4 is 5.73 Å². The number of thiocarbonyl (C=S) groups is 1. The third-order valence-corrected chi connectivity index (χ3v) is 3.91. The fourth-order valence-corrected chi connectivity index (χ4v) is 2.48. The van der Waals surface area contributed by atoms with Crippen LogP contribution in [-0.2, 0) is 6.54 Å². The van der Waals surface area contributed by atoms with Crippen molar-refractivity contribution in [2.24, 2.45) is 11.7 Å². The Morgan fingerprint density at radius 1 is 1.37 bits per heavy atom. The first kappa shape index (κ1) is 16.4. The number of nitrogens with zero attached hydrogens (tertiary/aromatic N) is 1. The smallest absolute Gasteiger partial charge is 0.104 e. The molecule has 0 aliphatic rings. The summed E-state index contributed by atoms with van der Waals surface area (Å²) in [4.78, 5) is 2.71. The fourth-order valence-electron chi connectivity index (χ4n) is 2.12. The number of nitrogens with two attached hydrogens (primary N) is 1. The number of hydrogen-bond donors (Lipinski definition) is 1. The van der Waals surface area contributed by atoms with E-state index in [9.17, 15) is 0 Å². The van der Waals surface area contributed by atoms with Crippen LogP contribution in [0.3, 0.4) is 0 Å². The second-order valence-corrected chi connectivity index (χ2v) is 6.41. The Balaban J connectivity index is 2.74. The lowest BCUT2D eigenvalue weighted by Crippen LogP contribution is -2.29. The van der Waals surface area contributed by atoms with E-state index < -0.39 is 0 Å². The summed E-state index contributed by atoms with van der Waals surface area (Å²) < 4.78 is 0. The summed E-state index contributed by atoms with van der Waals surface area (Å²) in [6.07, 6.45) is 1.18. The molecular formula is C15H23ClN2S. The van der Waals surface area contributed by atoms with Gasteiger partial charge in [0.25, 0.3) is 0 Å². The molecule has 0 aliphatic heterocycles. The van der Waals surface area contributed by atoms with Gasteiger partial charge < -0.3 is 5.73 Å². The molecule has 2 N–H and O–H groups in total. The van der Waals surface area contributed by atoms with E-state index in [2.05, 4.69) is 32.7 Å². The maximum Gasteiger partial charge on any atom is 0.104 e. The van der Waals surface area contributed by atoms with E-state index in [1.807, 2.05) is 18.2 Å². The van der Waals surface area contributed by atoms with Gasteiger partial charge in [0.05, 0.1) is 0 Å². The summed E-state index contributed by atoms with van der Waals surface area (Å²) in [5.74, 6) is 0.699. The highest BCUT2D eigenvalue weighted by atomic mass is 35.5. The van der Waals surface area contributed by atoms with Gasteiger partial charge in [0, 0.05) is 23.2 Å². The van der Waals surface area contributed by atoms with Gasteiger partial charge in [-0.1, -0.05) is 49.8 Å². The van der Waals surface area contributed by atoms with Gasteiger partial charge in [-0.2, -0.15) is 0 Å². The summed E-state index contributed by atoms with van der Waals surface area (Å²) in [5, 5.41) is 0.730. The Morgan fingerprint density at radius 3 is 2.47 bits per heavy atom. The zero-order chi connectivity index (χ0) is 14.6. The van der Waals surface area contributed by atoms with Crippen LogP contribution in [0.2, 0.25) is 5.02 Å². The van der Waals surface area contributed by atoms with Crippen molar-refractivity contribution < 1.29 is 0 Å². The molecule has 1 aromatic rings. The van der Waals surface area contributed by atoms with E-state index in [1.54, 1.807) is 0 Å². The van der Waals surface area contributed by atoms with Gasteiger partial charge in [-0.05, 0) is 37.9 Å². The van der Waals surface area contributed by atoms with E-state index in [1.165, 1.54) is 6.42 Å². The van der Waals surface area contributed by atoms with Crippen LogP contribution >= 0.6 is 23.8 Å². The first-order valence-electron chi connectivity index (χ1n) is 6.59. The van der Waals surface area contributed by atoms with Gasteiger partial charge >= 0.3 is 0 Å². The first-order chi connectivity index (χ1) is 8.81. The minimum absolute atomic E-state index is 0.384. The molecule has 0 saturated heterocycles. The molecule has 0 amide bonds. The third-order valence-electron chi connectivity index (χ3n) is 3.32. The largest absolute Gasteiger partial charge is 0.389 e. The van der Waals surface area contributed by atoms with Crippen LogP contribution in [-0.4, -0.2) is 23.0 Å². The van der Waals surface area contributed by atoms with Gasteiger partial charge in [-0.15, -0.1) is 0 Å². The van der Waals surface area contributed by atoms with Crippen LogP contribution in [0.15, 0.2) is 18.2 Å². The zero-order valence-corrected chi connectivity index (χ0v) is 13.7. The molecule has 0 aromatic heterocycles. The molecule has 1 aromatic carbocycles. The van der Waals surface area contributed by atoms with Crippen molar-refractivity contribution in [1.82, 2.24) is 4.90 Å². The SMILES string of the molecule is CC(C)CC(C)N(C)Cc1ccc(C(N)=S)cc1Cl. The molecule has 106 valence electrons. The maximum absolute atomic E-state index is 6.29. The van der Waals surface area contributed by atoms with Crippen LogP contribution in [0.25, 0.3) is 0 Å². The van der Waals surface area contributed by atoms with Crippen LogP contribution in [0.5, 0.6) is 0 Å². The van der Waals surface area contributed by atoms with Crippen LogP contribution in [0, 0.1) is 5.92 Å². The Kier molecular flexibility index (Phi) is 6.24. The number of benzene rings is 1. The Morgan fingerprint density at radius 2 is 2.00 bits per heavy atom. The van der Waals surface area contributed by atoms with Gasteiger partial charge in [-0.3, -0.25) is 4.90 Å². The van der Waals surface area contributed by atoms with Crippen LogP contribution in [0.4, 0.5) is 0 Å². The molecule has 0 saturated carbocycles. The molecule has 2 nitrogen and oxygen atoms in total. The fraction of sp³-hybridized carbons (Fsp3) is 0.533. The van der Waals surface area contributed by atoms with Gasteiger partial charge in [-0.25, -0.2) is 0 Å². The normalized spacial score (nSPS) is 13.0. The molecular weight excluding hydrogens is 276 g/mol. The number of rotatable bonds is 6. The van der Waals surface area contributed by atoms with Crippen molar-refractivity contribution in [3.8, 4) is 0 Å². The topological polar surface area (TPSA) is 29.3 Å². The van der Waals surface area contributed by atoms with Gasteiger partial charge in [0.2, 0.25) is 0 Å². The monoisotopic (exact) mass is 298 g/mol. The summed E-state index contributed by atoms with van der Waals surface area (Å²) in [6.45, 7) is 7.57. The average Bonchev–Trinajstić information content (AvgIpc) is 2.30. The summed E-state index contributed by atoms with van der Waals surface area (Å²) in [5.41, 5.74) is 7.53. The lowest BCUT2D eigenvalue weighted by atomic mass is 10.0. The zero-order valence-electron chi connectivity index (χ0n) is 12.1. The molecule has 1 rings (SSSR count). The molecule has 4 heteroatoms. The molecule has 0 fully saturated rings. The highest BCUT2D eigenvalue weighted by Crippen LogP contribution is 2.21. The third kappa shape index (κ3) is 5.09. The van der Waals surface area contributed by atoms with Crippen molar-refractivity contribution in [3.05, 3.63) is 34.3 Å². The highest BCUT2D eigenvalue weighted by molar-refractivity contribution is 7.80. The van der Waals surface area contributed by atoms with Crippen molar-refractivity contribution in [2.75, 3.05) is 7.05 Å². The molecule has 0 radical (unpaired) electrons. The Hall–Kier alpha value is -0.640. The van der Waals surface area contributed by atoms with Crippen molar-refractivity contribution in [1.29, 1.82) is 0 Å². The molecule has 1 atom stereocenters. The average molecular weight is 299 g/mol. The lowest BCUT2D eigenvalue weighted by molar-refractivity contribution is 0.220. The summed E-state index contributed by atoms with van der Waals surface area (Å²) >= 11 is 11.2. The molecule has 0 spiro atoms. The Labute approximate surface area is 126 Å². The van der Waals surface area contributed by atoms with Crippen molar-refractivity contribution in [3.63, 3.8) is 0 Å². The number of halogens is 1. The summed E-state index contributed by atoms with van der Waals surface area (Å²) in [7, 11) is 2.13. The summed E-state index contributed by atoms with van der Waals surface area (Å²) in [6, 6.07) is 6.33.